The molecular formula is C10H12N2O. The third kappa shape index (κ3) is 3.51. The Kier molecular flexibility index (Phi) is 3.20. The molecule has 3 heteroatoms. The van der Waals surface area contributed by atoms with E-state index in [4.69, 9.17) is 11.1 Å². The summed E-state index contributed by atoms with van der Waals surface area (Å²) in [6.07, 6.45) is 0.412. The maximum absolute atomic E-state index is 11.2. The Balaban J connectivity index is 2.50. The van der Waals surface area contributed by atoms with Gasteiger partial charge in [-0.15, -0.1) is 0 Å². The molecule has 1 aromatic rings. The molecule has 0 atom stereocenters. The molecule has 0 aromatic heterocycles. The Bertz CT molecular complexity index is 306. The molecule has 0 spiro atoms. The summed E-state index contributed by atoms with van der Waals surface area (Å²) in [6, 6.07) is 9.45. The third-order valence-electron chi connectivity index (χ3n) is 1.63. The van der Waals surface area contributed by atoms with Crippen LogP contribution in [0, 0.1) is 5.41 Å². The van der Waals surface area contributed by atoms with E-state index in [1.165, 1.54) is 0 Å². The summed E-state index contributed by atoms with van der Waals surface area (Å²) >= 11 is 0. The molecule has 3 nitrogen and oxygen atoms in total. The van der Waals surface area contributed by atoms with Gasteiger partial charge >= 0.3 is 0 Å². The molecule has 0 unspecified atom stereocenters. The second-order valence-corrected chi connectivity index (χ2v) is 2.90. The summed E-state index contributed by atoms with van der Waals surface area (Å²) in [4.78, 5) is 11.2. The number of ketones is 1. The van der Waals surface area contributed by atoms with E-state index in [9.17, 15) is 4.79 Å². The minimum atomic E-state index is -0.0686. The minimum Gasteiger partial charge on any atom is -0.387 e. The lowest BCUT2D eigenvalue weighted by atomic mass is 10.1. The van der Waals surface area contributed by atoms with Gasteiger partial charge in [0.1, 0.15) is 5.78 Å². The smallest absolute Gasteiger partial charge is 0.144 e. The Morgan fingerprint density at radius 2 is 1.92 bits per heavy atom. The first-order chi connectivity index (χ1) is 6.18. The van der Waals surface area contributed by atoms with Crippen LogP contribution in [0.4, 0.5) is 0 Å². The molecule has 3 N–H and O–H groups in total. The van der Waals surface area contributed by atoms with E-state index >= 15 is 0 Å². The second kappa shape index (κ2) is 4.40. The Morgan fingerprint density at radius 1 is 1.31 bits per heavy atom. The molecule has 13 heavy (non-hydrogen) atoms. The van der Waals surface area contributed by atoms with Gasteiger partial charge in [-0.25, -0.2) is 0 Å². The summed E-state index contributed by atoms with van der Waals surface area (Å²) in [6.45, 7) is 0. The lowest BCUT2D eigenvalue weighted by Crippen LogP contribution is -2.16. The van der Waals surface area contributed by atoms with Gasteiger partial charge < -0.3 is 5.73 Å². The Labute approximate surface area is 77.1 Å². The molecule has 0 radical (unpaired) electrons. The predicted octanol–water partition coefficient (Wildman–Crippen LogP) is 1.12. The van der Waals surface area contributed by atoms with Crippen LogP contribution in [-0.2, 0) is 11.2 Å². The lowest BCUT2D eigenvalue weighted by Gasteiger charge is -1.99. The van der Waals surface area contributed by atoms with E-state index in [1.54, 1.807) is 0 Å². The van der Waals surface area contributed by atoms with Crippen LogP contribution in [0.25, 0.3) is 0 Å². The van der Waals surface area contributed by atoms with Gasteiger partial charge in [-0.1, -0.05) is 30.3 Å². The fourth-order valence-electron chi connectivity index (χ4n) is 1.10. The molecule has 68 valence electrons. The van der Waals surface area contributed by atoms with Gasteiger partial charge in [0.05, 0.1) is 12.3 Å². The monoisotopic (exact) mass is 176 g/mol. The fourth-order valence-corrected chi connectivity index (χ4v) is 1.10. The van der Waals surface area contributed by atoms with E-state index in [1.807, 2.05) is 30.3 Å². The van der Waals surface area contributed by atoms with Crippen LogP contribution in [0.15, 0.2) is 30.3 Å². The number of hydrogen-bond donors (Lipinski definition) is 2. The molecule has 0 aliphatic carbocycles. The fraction of sp³-hybridized carbons (Fsp3) is 0.200. The highest BCUT2D eigenvalue weighted by Gasteiger charge is 2.04. The molecule has 0 aliphatic heterocycles. The second-order valence-electron chi connectivity index (χ2n) is 2.90. The van der Waals surface area contributed by atoms with Gasteiger partial charge in [0, 0.05) is 6.42 Å². The molecule has 0 saturated heterocycles. The first-order valence-corrected chi connectivity index (χ1v) is 4.07. The van der Waals surface area contributed by atoms with Crippen LogP contribution >= 0.6 is 0 Å². The molecule has 0 fully saturated rings. The predicted molar refractivity (Wildman–Crippen MR) is 51.7 cm³/mol. The quantitative estimate of drug-likeness (QED) is 0.533. The summed E-state index contributed by atoms with van der Waals surface area (Å²) in [5.74, 6) is -0.0837. The third-order valence-corrected chi connectivity index (χ3v) is 1.63. The number of benzene rings is 1. The van der Waals surface area contributed by atoms with E-state index in [0.29, 0.717) is 6.42 Å². The van der Waals surface area contributed by atoms with Gasteiger partial charge in [-0.3, -0.25) is 10.2 Å². The Morgan fingerprint density at radius 3 is 2.46 bits per heavy atom. The number of nitrogens with one attached hydrogen (secondary N) is 1. The van der Waals surface area contributed by atoms with Crippen molar-refractivity contribution in [1.29, 1.82) is 5.41 Å². The molecule has 0 bridgehead atoms. The average Bonchev–Trinajstić information content (AvgIpc) is 2.04. The molecule has 1 rings (SSSR count). The van der Waals surface area contributed by atoms with Crippen LogP contribution in [0.5, 0.6) is 0 Å². The average molecular weight is 176 g/mol. The summed E-state index contributed by atoms with van der Waals surface area (Å²) < 4.78 is 0. The number of hydrogen-bond acceptors (Lipinski definition) is 2. The van der Waals surface area contributed by atoms with E-state index in [2.05, 4.69) is 0 Å². The van der Waals surface area contributed by atoms with Gasteiger partial charge in [-0.05, 0) is 5.56 Å². The zero-order valence-electron chi connectivity index (χ0n) is 7.29. The zero-order chi connectivity index (χ0) is 9.68. The largest absolute Gasteiger partial charge is 0.387 e. The Hall–Kier alpha value is -1.64. The zero-order valence-corrected chi connectivity index (χ0v) is 7.29. The van der Waals surface area contributed by atoms with E-state index in [0.717, 1.165) is 5.56 Å². The van der Waals surface area contributed by atoms with Crippen molar-refractivity contribution in [2.75, 3.05) is 0 Å². The van der Waals surface area contributed by atoms with Crippen molar-refractivity contribution in [3.8, 4) is 0 Å². The highest BCUT2D eigenvalue weighted by molar-refractivity contribution is 5.99. The highest BCUT2D eigenvalue weighted by atomic mass is 16.1. The van der Waals surface area contributed by atoms with Crippen LogP contribution in [0.1, 0.15) is 12.0 Å². The van der Waals surface area contributed by atoms with Crippen molar-refractivity contribution in [1.82, 2.24) is 0 Å². The summed E-state index contributed by atoms with van der Waals surface area (Å²) in [5, 5.41) is 6.95. The maximum Gasteiger partial charge on any atom is 0.144 e. The number of rotatable bonds is 4. The molecule has 1 aromatic carbocycles. The van der Waals surface area contributed by atoms with Crippen LogP contribution in [-0.4, -0.2) is 11.6 Å². The molecule has 0 saturated carbocycles. The van der Waals surface area contributed by atoms with Gasteiger partial charge in [-0.2, -0.15) is 0 Å². The number of carbonyl (C=O) groups excluding carboxylic acids is 1. The van der Waals surface area contributed by atoms with Crippen molar-refractivity contribution >= 4 is 11.6 Å². The summed E-state index contributed by atoms with van der Waals surface area (Å²) in [5.41, 5.74) is 6.08. The number of nitrogens with two attached hydrogens (primary N) is 1. The first-order valence-electron chi connectivity index (χ1n) is 4.07. The van der Waals surface area contributed by atoms with Gasteiger partial charge in [0.2, 0.25) is 0 Å². The maximum atomic E-state index is 11.2. The highest BCUT2D eigenvalue weighted by Crippen LogP contribution is 2.01. The lowest BCUT2D eigenvalue weighted by molar-refractivity contribution is -0.117. The SMILES string of the molecule is N=C(N)CC(=O)Cc1ccccc1. The number of amidine groups is 1. The molecule has 0 heterocycles. The van der Waals surface area contributed by atoms with Gasteiger partial charge in [0.25, 0.3) is 0 Å². The van der Waals surface area contributed by atoms with Crippen LogP contribution in [0.3, 0.4) is 0 Å². The summed E-state index contributed by atoms with van der Waals surface area (Å²) in [7, 11) is 0. The van der Waals surface area contributed by atoms with Crippen molar-refractivity contribution in [3.05, 3.63) is 35.9 Å². The van der Waals surface area contributed by atoms with Crippen molar-refractivity contribution in [3.63, 3.8) is 0 Å². The van der Waals surface area contributed by atoms with Crippen molar-refractivity contribution < 1.29 is 4.79 Å². The molecule has 0 amide bonds. The van der Waals surface area contributed by atoms with E-state index in [-0.39, 0.29) is 18.0 Å². The van der Waals surface area contributed by atoms with Crippen molar-refractivity contribution in [2.24, 2.45) is 5.73 Å². The van der Waals surface area contributed by atoms with E-state index < -0.39 is 0 Å². The van der Waals surface area contributed by atoms with Crippen LogP contribution < -0.4 is 5.73 Å². The normalized spacial score (nSPS) is 9.54. The van der Waals surface area contributed by atoms with Gasteiger partial charge in [0.15, 0.2) is 0 Å². The molecule has 0 aliphatic rings. The van der Waals surface area contributed by atoms with Crippen molar-refractivity contribution in [2.45, 2.75) is 12.8 Å². The molecular weight excluding hydrogens is 164 g/mol. The standard InChI is InChI=1S/C10H12N2O/c11-10(12)7-9(13)6-8-4-2-1-3-5-8/h1-5H,6-7H2,(H3,11,12). The number of carbonyl (C=O) groups is 1. The van der Waals surface area contributed by atoms with Crippen LogP contribution in [0.2, 0.25) is 0 Å². The topological polar surface area (TPSA) is 66.9 Å². The number of Topliss-reactive ketones (excluding diaryl/α,β-unsaturated/α-hetero) is 1. The minimum absolute atomic E-state index is 0.0151. The first kappa shape index (κ1) is 9.45.